The van der Waals surface area contributed by atoms with Crippen molar-refractivity contribution in [3.8, 4) is 10.6 Å². The van der Waals surface area contributed by atoms with E-state index < -0.39 is 5.91 Å². The van der Waals surface area contributed by atoms with Crippen molar-refractivity contribution in [2.45, 2.75) is 6.42 Å². The van der Waals surface area contributed by atoms with E-state index >= 15 is 0 Å². The number of fused-ring (bicyclic) bond motifs is 1. The van der Waals surface area contributed by atoms with Gasteiger partial charge in [-0.2, -0.15) is 0 Å². The molecule has 0 bridgehead atoms. The lowest BCUT2D eigenvalue weighted by Gasteiger charge is -2.06. The largest absolute Gasteiger partial charge is 0.369 e. The summed E-state index contributed by atoms with van der Waals surface area (Å²) < 4.78 is 0.771. The number of carbonyl (C=O) groups excluding carboxylic acids is 1. The third kappa shape index (κ3) is 2.90. The average Bonchev–Trinajstić information content (AvgIpc) is 2.82. The van der Waals surface area contributed by atoms with Crippen molar-refractivity contribution < 1.29 is 4.79 Å². The number of primary amides is 1. The number of halogens is 3. The zero-order valence-electron chi connectivity index (χ0n) is 10.9. The van der Waals surface area contributed by atoms with Gasteiger partial charge in [0.05, 0.1) is 26.7 Å². The van der Waals surface area contributed by atoms with Crippen molar-refractivity contribution in [2.75, 3.05) is 0 Å². The lowest BCUT2D eigenvalue weighted by Crippen LogP contribution is -2.13. The average molecular weight is 373 g/mol. The molecular formula is C14H8Cl3N3OS. The molecule has 4 nitrogen and oxygen atoms in total. The zero-order chi connectivity index (χ0) is 15.9. The summed E-state index contributed by atoms with van der Waals surface area (Å²) in [4.78, 5) is 19.5. The van der Waals surface area contributed by atoms with Crippen molar-refractivity contribution in [3.63, 3.8) is 0 Å². The van der Waals surface area contributed by atoms with Crippen molar-refractivity contribution >= 4 is 62.3 Å². The van der Waals surface area contributed by atoms with Gasteiger partial charge in [-0.25, -0.2) is 9.97 Å². The van der Waals surface area contributed by atoms with E-state index in [4.69, 9.17) is 40.5 Å². The minimum absolute atomic E-state index is 0.0787. The standard InChI is InChI=1S/C14H8Cl3N3OS/c15-7-3-6(5-10(18)21)4-8(16)11(7)14-20-9-1-2-19-13(17)12(9)22-14/h1-4H,5H2,(H2,18,21). The number of hydrogen-bond donors (Lipinski definition) is 1. The molecule has 2 N–H and O–H groups in total. The number of rotatable bonds is 3. The van der Waals surface area contributed by atoms with Crippen molar-refractivity contribution in [1.29, 1.82) is 0 Å². The number of nitrogens with zero attached hydrogens (tertiary/aromatic N) is 2. The Morgan fingerprint density at radius 3 is 2.50 bits per heavy atom. The molecule has 0 spiro atoms. The summed E-state index contributed by atoms with van der Waals surface area (Å²) in [5.74, 6) is -0.447. The molecule has 112 valence electrons. The van der Waals surface area contributed by atoms with E-state index in [-0.39, 0.29) is 6.42 Å². The lowest BCUT2D eigenvalue weighted by atomic mass is 10.1. The second-order valence-corrected chi connectivity index (χ2v) is 6.72. The fourth-order valence-corrected chi connectivity index (χ4v) is 4.17. The number of amides is 1. The molecule has 1 aromatic carbocycles. The quantitative estimate of drug-likeness (QED) is 0.695. The van der Waals surface area contributed by atoms with Gasteiger partial charge >= 0.3 is 0 Å². The highest BCUT2D eigenvalue weighted by molar-refractivity contribution is 7.22. The maximum atomic E-state index is 11.0. The van der Waals surface area contributed by atoms with Crippen LogP contribution in [0, 0.1) is 0 Å². The molecule has 8 heteroatoms. The van der Waals surface area contributed by atoms with Gasteiger partial charge in [0, 0.05) is 11.8 Å². The number of aromatic nitrogens is 2. The number of thiazole rings is 1. The molecule has 22 heavy (non-hydrogen) atoms. The summed E-state index contributed by atoms with van der Waals surface area (Å²) in [6.45, 7) is 0. The molecule has 0 atom stereocenters. The Bertz CT molecular complexity index is 871. The van der Waals surface area contributed by atoms with E-state index in [1.807, 2.05) is 0 Å². The van der Waals surface area contributed by atoms with E-state index in [1.54, 1.807) is 24.4 Å². The lowest BCUT2D eigenvalue weighted by molar-refractivity contribution is -0.117. The Morgan fingerprint density at radius 2 is 1.91 bits per heavy atom. The Hall–Kier alpha value is -1.40. The summed E-state index contributed by atoms with van der Waals surface area (Å²) in [5, 5.41) is 1.85. The fraction of sp³-hybridized carbons (Fsp3) is 0.0714. The smallest absolute Gasteiger partial charge is 0.221 e. The number of carbonyl (C=O) groups is 1. The zero-order valence-corrected chi connectivity index (χ0v) is 14.0. The van der Waals surface area contributed by atoms with Crippen LogP contribution in [0.1, 0.15) is 5.56 Å². The third-order valence-electron chi connectivity index (χ3n) is 2.96. The first-order valence-electron chi connectivity index (χ1n) is 6.13. The molecule has 1 amide bonds. The van der Waals surface area contributed by atoms with Gasteiger partial charge in [-0.05, 0) is 23.8 Å². The van der Waals surface area contributed by atoms with Gasteiger partial charge < -0.3 is 5.73 Å². The van der Waals surface area contributed by atoms with Crippen LogP contribution in [0.2, 0.25) is 15.2 Å². The monoisotopic (exact) mass is 371 g/mol. The molecule has 2 heterocycles. The first-order chi connectivity index (χ1) is 10.5. The van der Waals surface area contributed by atoms with Gasteiger partial charge in [-0.1, -0.05) is 34.8 Å². The summed E-state index contributed by atoms with van der Waals surface area (Å²) in [7, 11) is 0. The van der Waals surface area contributed by atoms with Gasteiger partial charge in [-0.15, -0.1) is 11.3 Å². The van der Waals surface area contributed by atoms with E-state index in [2.05, 4.69) is 9.97 Å². The topological polar surface area (TPSA) is 68.9 Å². The van der Waals surface area contributed by atoms with Gasteiger partial charge in [-0.3, -0.25) is 4.79 Å². The predicted octanol–water partition coefficient (Wildman–Crippen LogP) is 4.35. The highest BCUT2D eigenvalue weighted by Gasteiger charge is 2.17. The first-order valence-corrected chi connectivity index (χ1v) is 8.08. The minimum Gasteiger partial charge on any atom is -0.369 e. The first kappa shape index (κ1) is 15.5. The molecule has 0 aliphatic carbocycles. The summed E-state index contributed by atoms with van der Waals surface area (Å²) in [6.07, 6.45) is 1.67. The van der Waals surface area contributed by atoms with Crippen LogP contribution in [0.4, 0.5) is 0 Å². The molecule has 0 radical (unpaired) electrons. The van der Waals surface area contributed by atoms with E-state index in [0.717, 1.165) is 10.2 Å². The second-order valence-electron chi connectivity index (χ2n) is 4.55. The van der Waals surface area contributed by atoms with E-state index in [9.17, 15) is 4.79 Å². The van der Waals surface area contributed by atoms with Crippen molar-refractivity contribution in [1.82, 2.24) is 9.97 Å². The summed E-state index contributed by atoms with van der Waals surface area (Å²) in [6, 6.07) is 5.10. The number of nitrogens with two attached hydrogens (primary N) is 1. The van der Waals surface area contributed by atoms with E-state index in [1.165, 1.54) is 11.3 Å². The molecule has 0 fully saturated rings. The third-order valence-corrected chi connectivity index (χ3v) is 5.05. The highest BCUT2D eigenvalue weighted by atomic mass is 35.5. The van der Waals surface area contributed by atoms with E-state index in [0.29, 0.717) is 31.3 Å². The molecule has 0 aliphatic heterocycles. The Labute approximate surface area is 144 Å². The molecule has 3 aromatic rings. The Kier molecular flexibility index (Phi) is 4.23. The minimum atomic E-state index is -0.447. The number of benzene rings is 1. The number of pyridine rings is 1. The second kappa shape index (κ2) is 6.01. The fourth-order valence-electron chi connectivity index (χ4n) is 2.06. The Balaban J connectivity index is 2.14. The predicted molar refractivity (Wildman–Crippen MR) is 90.8 cm³/mol. The van der Waals surface area contributed by atoms with Crippen molar-refractivity contribution in [3.05, 3.63) is 45.2 Å². The van der Waals surface area contributed by atoms with Crippen LogP contribution in [0.25, 0.3) is 20.8 Å². The molecule has 0 unspecified atom stereocenters. The molecule has 3 rings (SSSR count). The molecule has 0 saturated carbocycles. The van der Waals surface area contributed by atoms with Gasteiger partial charge in [0.1, 0.15) is 10.2 Å². The van der Waals surface area contributed by atoms with Crippen LogP contribution in [0.5, 0.6) is 0 Å². The molecule has 0 aliphatic rings. The summed E-state index contributed by atoms with van der Waals surface area (Å²) >= 11 is 20.0. The SMILES string of the molecule is NC(=O)Cc1cc(Cl)c(-c2nc3ccnc(Cl)c3s2)c(Cl)c1. The van der Waals surface area contributed by atoms with Crippen LogP contribution in [-0.4, -0.2) is 15.9 Å². The van der Waals surface area contributed by atoms with Crippen LogP contribution in [0.15, 0.2) is 24.4 Å². The van der Waals surface area contributed by atoms with Crippen LogP contribution in [0.3, 0.4) is 0 Å². The molecule has 0 saturated heterocycles. The van der Waals surface area contributed by atoms with Crippen LogP contribution < -0.4 is 5.73 Å². The van der Waals surface area contributed by atoms with Crippen LogP contribution >= 0.6 is 46.1 Å². The summed E-state index contributed by atoms with van der Waals surface area (Å²) in [5.41, 5.74) is 7.18. The maximum Gasteiger partial charge on any atom is 0.221 e. The highest BCUT2D eigenvalue weighted by Crippen LogP contribution is 2.40. The molecule has 2 aromatic heterocycles. The van der Waals surface area contributed by atoms with Gasteiger partial charge in [0.15, 0.2) is 0 Å². The Morgan fingerprint density at radius 1 is 1.23 bits per heavy atom. The number of hydrogen-bond acceptors (Lipinski definition) is 4. The molecular weight excluding hydrogens is 365 g/mol. The maximum absolute atomic E-state index is 11.0. The van der Waals surface area contributed by atoms with Crippen LogP contribution in [-0.2, 0) is 11.2 Å². The van der Waals surface area contributed by atoms with Crippen molar-refractivity contribution in [2.24, 2.45) is 5.73 Å². The normalized spacial score (nSPS) is 11.0. The van der Waals surface area contributed by atoms with Gasteiger partial charge in [0.2, 0.25) is 5.91 Å². The van der Waals surface area contributed by atoms with Gasteiger partial charge in [0.25, 0.3) is 0 Å².